The fourth-order valence-electron chi connectivity index (χ4n) is 0.907. The third-order valence-corrected chi connectivity index (χ3v) is 2.07. The number of hydrogen-bond donors (Lipinski definition) is 1. The Hall–Kier alpha value is -1.22. The molecule has 0 saturated carbocycles. The Morgan fingerprint density at radius 3 is 2.64 bits per heavy atom. The maximum absolute atomic E-state index is 13.1. The van der Waals surface area contributed by atoms with E-state index in [1.165, 1.54) is 18.2 Å². The molecule has 0 radical (unpaired) electrons. The summed E-state index contributed by atoms with van der Waals surface area (Å²) >= 11 is 0. The predicted molar refractivity (Wildman–Crippen MR) is 43.1 cm³/mol. The van der Waals surface area contributed by atoms with Crippen molar-refractivity contribution in [3.05, 3.63) is 30.1 Å². The van der Waals surface area contributed by atoms with Crippen LogP contribution in [0.25, 0.3) is 0 Å². The summed E-state index contributed by atoms with van der Waals surface area (Å²) in [6.07, 6.45) is 0. The molecule has 1 N–H and O–H groups in total. The van der Waals surface area contributed by atoms with Gasteiger partial charge in [-0.3, -0.25) is 0 Å². The number of hydrogen-bond acceptors (Lipinski definition) is 6. The molecule has 14 heavy (non-hydrogen) atoms. The molecule has 0 aromatic heterocycles. The summed E-state index contributed by atoms with van der Waals surface area (Å²) in [5, 5.41) is 0.574. The van der Waals surface area contributed by atoms with Gasteiger partial charge in [0, 0.05) is 0 Å². The number of para-hydroxylation sites is 1. The second-order valence-electron chi connectivity index (χ2n) is 2.40. The van der Waals surface area contributed by atoms with Gasteiger partial charge in [-0.2, -0.15) is 8.42 Å². The van der Waals surface area contributed by atoms with Crippen LogP contribution in [0.5, 0.6) is 0 Å². The Morgan fingerprint density at radius 2 is 2.07 bits per heavy atom. The van der Waals surface area contributed by atoms with E-state index in [2.05, 4.69) is 8.57 Å². The third-order valence-electron chi connectivity index (χ3n) is 1.46. The van der Waals surface area contributed by atoms with Crippen LogP contribution in [0.15, 0.2) is 24.3 Å². The number of hydrazine groups is 1. The summed E-state index contributed by atoms with van der Waals surface area (Å²) in [6.45, 7) is 0. The van der Waals surface area contributed by atoms with Crippen LogP contribution in [-0.4, -0.2) is 8.42 Å². The van der Waals surface area contributed by atoms with E-state index in [1.54, 1.807) is 0 Å². The molecule has 76 valence electrons. The molecule has 1 heterocycles. The second-order valence-corrected chi connectivity index (χ2v) is 3.54. The van der Waals surface area contributed by atoms with Crippen LogP contribution in [-0.2, 0) is 19.0 Å². The highest BCUT2D eigenvalue weighted by Crippen LogP contribution is 2.21. The number of anilines is 1. The van der Waals surface area contributed by atoms with E-state index >= 15 is 0 Å². The van der Waals surface area contributed by atoms with Gasteiger partial charge in [-0.25, -0.2) is 4.39 Å². The lowest BCUT2D eigenvalue weighted by Crippen LogP contribution is -2.29. The Kier molecular flexibility index (Phi) is 2.11. The Labute approximate surface area is 79.0 Å². The highest BCUT2D eigenvalue weighted by atomic mass is 32.3. The molecular weight excluding hydrogens is 215 g/mol. The van der Waals surface area contributed by atoms with Crippen molar-refractivity contribution in [3.63, 3.8) is 0 Å². The smallest absolute Gasteiger partial charge is 0.205 e. The highest BCUT2D eigenvalue weighted by molar-refractivity contribution is 7.82. The van der Waals surface area contributed by atoms with E-state index in [0.29, 0.717) is 5.17 Å². The molecule has 8 heteroatoms. The molecule has 0 atom stereocenters. The zero-order valence-corrected chi connectivity index (χ0v) is 7.49. The van der Waals surface area contributed by atoms with E-state index in [1.807, 2.05) is 5.59 Å². The Balaban J connectivity index is 2.30. The first-order valence-electron chi connectivity index (χ1n) is 3.52. The summed E-state index contributed by atoms with van der Waals surface area (Å²) in [5.74, 6) is -0.638. The van der Waals surface area contributed by atoms with Crippen molar-refractivity contribution in [3.8, 4) is 0 Å². The quantitative estimate of drug-likeness (QED) is 0.732. The molecule has 0 aliphatic carbocycles. The van der Waals surface area contributed by atoms with Crippen molar-refractivity contribution in [2.45, 2.75) is 0 Å². The average molecular weight is 220 g/mol. The minimum atomic E-state index is -4.11. The van der Waals surface area contributed by atoms with E-state index in [-0.39, 0.29) is 5.69 Å². The van der Waals surface area contributed by atoms with Gasteiger partial charge in [0.05, 0.1) is 0 Å². The van der Waals surface area contributed by atoms with Crippen molar-refractivity contribution in [2.24, 2.45) is 0 Å². The summed E-state index contributed by atoms with van der Waals surface area (Å²) in [5.41, 5.74) is 1.80. The summed E-state index contributed by atoms with van der Waals surface area (Å²) in [6, 6.07) is 5.47. The van der Waals surface area contributed by atoms with Crippen molar-refractivity contribution < 1.29 is 21.4 Å². The van der Waals surface area contributed by atoms with Crippen molar-refractivity contribution in [1.29, 1.82) is 0 Å². The maximum Gasteiger partial charge on any atom is 0.440 e. The Morgan fingerprint density at radius 1 is 1.36 bits per heavy atom. The lowest BCUT2D eigenvalue weighted by molar-refractivity contribution is 0.196. The van der Waals surface area contributed by atoms with Gasteiger partial charge in [0.25, 0.3) is 0 Å². The van der Waals surface area contributed by atoms with Crippen LogP contribution in [0.2, 0.25) is 0 Å². The summed E-state index contributed by atoms with van der Waals surface area (Å²) in [7, 11) is -4.11. The first-order chi connectivity index (χ1) is 6.58. The number of nitrogens with zero attached hydrogens (tertiary/aromatic N) is 1. The number of nitrogens with one attached hydrogen (secondary N) is 1. The molecule has 1 aliphatic heterocycles. The largest absolute Gasteiger partial charge is 0.440 e. The standard InChI is InChI=1S/C6H5FN2O4S/c7-5-3-1-2-4-6(5)9-8-12-14(10,11)13-9/h1-4,8H. The minimum absolute atomic E-state index is 0.0893. The third kappa shape index (κ3) is 1.68. The molecule has 1 saturated heterocycles. The van der Waals surface area contributed by atoms with Gasteiger partial charge in [0.15, 0.2) is 5.82 Å². The lowest BCUT2D eigenvalue weighted by Gasteiger charge is -2.10. The van der Waals surface area contributed by atoms with Crippen LogP contribution >= 0.6 is 0 Å². The van der Waals surface area contributed by atoms with E-state index in [0.717, 1.165) is 6.07 Å². The van der Waals surface area contributed by atoms with Crippen molar-refractivity contribution >= 4 is 16.1 Å². The topological polar surface area (TPSA) is 67.9 Å². The van der Waals surface area contributed by atoms with Crippen LogP contribution in [0.4, 0.5) is 10.1 Å². The van der Waals surface area contributed by atoms with Gasteiger partial charge in [-0.05, 0) is 12.1 Å². The molecule has 1 aromatic carbocycles. The fourth-order valence-corrected chi connectivity index (χ4v) is 1.39. The number of benzene rings is 1. The number of halogens is 1. The van der Waals surface area contributed by atoms with E-state index < -0.39 is 16.2 Å². The van der Waals surface area contributed by atoms with E-state index in [4.69, 9.17) is 0 Å². The second kappa shape index (κ2) is 3.17. The lowest BCUT2D eigenvalue weighted by atomic mass is 10.3. The molecule has 2 rings (SSSR count). The van der Waals surface area contributed by atoms with Crippen LogP contribution in [0, 0.1) is 5.82 Å². The van der Waals surface area contributed by atoms with Gasteiger partial charge in [0.1, 0.15) is 5.69 Å². The molecular formula is C6H5FN2O4S. The van der Waals surface area contributed by atoms with Gasteiger partial charge in [0.2, 0.25) is 0 Å². The zero-order valence-electron chi connectivity index (χ0n) is 6.68. The zero-order chi connectivity index (χ0) is 10.2. The first-order valence-corrected chi connectivity index (χ1v) is 4.85. The molecule has 1 fully saturated rings. The minimum Gasteiger partial charge on any atom is -0.205 e. The van der Waals surface area contributed by atoms with Crippen LogP contribution in [0.1, 0.15) is 0 Å². The maximum atomic E-state index is 13.1. The molecule has 0 spiro atoms. The van der Waals surface area contributed by atoms with Crippen LogP contribution in [0.3, 0.4) is 0 Å². The summed E-state index contributed by atoms with van der Waals surface area (Å²) < 4.78 is 42.7. The monoisotopic (exact) mass is 220 g/mol. The fraction of sp³-hybridized carbons (Fsp3) is 0. The highest BCUT2D eigenvalue weighted by Gasteiger charge is 2.30. The number of rotatable bonds is 1. The SMILES string of the molecule is O=S1(=O)ONN(c2ccccc2F)O1. The molecule has 1 aromatic rings. The molecule has 0 unspecified atom stereocenters. The van der Waals surface area contributed by atoms with Crippen molar-refractivity contribution in [2.75, 3.05) is 5.17 Å². The van der Waals surface area contributed by atoms with Crippen molar-refractivity contribution in [1.82, 2.24) is 5.59 Å². The first kappa shape index (κ1) is 9.34. The van der Waals surface area contributed by atoms with E-state index in [9.17, 15) is 12.8 Å². The molecule has 0 bridgehead atoms. The molecule has 6 nitrogen and oxygen atoms in total. The molecule has 0 amide bonds. The van der Waals surface area contributed by atoms with Gasteiger partial charge < -0.3 is 0 Å². The summed E-state index contributed by atoms with van der Waals surface area (Å²) in [4.78, 5) is 0. The van der Waals surface area contributed by atoms with Gasteiger partial charge in [-0.15, -0.1) is 13.7 Å². The normalized spacial score (nSPS) is 19.9. The van der Waals surface area contributed by atoms with Gasteiger partial charge >= 0.3 is 10.4 Å². The molecule has 1 aliphatic rings. The average Bonchev–Trinajstić information content (AvgIpc) is 2.47. The predicted octanol–water partition coefficient (Wildman–Crippen LogP) is 0.258. The van der Waals surface area contributed by atoms with Gasteiger partial charge in [-0.1, -0.05) is 17.7 Å². The van der Waals surface area contributed by atoms with Crippen LogP contribution < -0.4 is 10.8 Å². The Bertz CT molecular complexity index is 449.